The van der Waals surface area contributed by atoms with Gasteiger partial charge < -0.3 is 18.9 Å². The van der Waals surface area contributed by atoms with Gasteiger partial charge in [-0.1, -0.05) is 34.9 Å². The van der Waals surface area contributed by atoms with Gasteiger partial charge in [0.05, 0.1) is 19.0 Å². The average Bonchev–Trinajstić information content (AvgIpc) is 3.41. The van der Waals surface area contributed by atoms with Gasteiger partial charge in [0.2, 0.25) is 0 Å². The highest BCUT2D eigenvalue weighted by Gasteiger charge is 2.49. The summed E-state index contributed by atoms with van der Waals surface area (Å²) in [6.45, 7) is -0.325. The van der Waals surface area contributed by atoms with Crippen LogP contribution in [0.5, 0.6) is 0 Å². The minimum atomic E-state index is -1.12. The summed E-state index contributed by atoms with van der Waals surface area (Å²) in [5.74, 6) is -0.668. The van der Waals surface area contributed by atoms with E-state index in [2.05, 4.69) is 29.7 Å². The number of rotatable bonds is 6. The predicted octanol–water partition coefficient (Wildman–Crippen LogP) is 3.06. The van der Waals surface area contributed by atoms with Crippen molar-refractivity contribution < 1.29 is 28.5 Å². The Bertz CT molecular complexity index is 1220. The molecule has 2 aromatic heterocycles. The smallest absolute Gasteiger partial charge is 0.453 e. The van der Waals surface area contributed by atoms with E-state index in [-0.39, 0.29) is 17.3 Å². The number of hydrogen-bond donors (Lipinski definition) is 0. The second kappa shape index (κ2) is 9.69. The highest BCUT2D eigenvalue weighted by molar-refractivity contribution is 6.33. The predicted molar refractivity (Wildman–Crippen MR) is 111 cm³/mol. The molecule has 0 saturated carbocycles. The number of fused-ring (bicyclic) bond motifs is 1. The van der Waals surface area contributed by atoms with E-state index in [1.807, 2.05) is 0 Å². The topological polar surface area (TPSA) is 163 Å². The Hall–Kier alpha value is -3.93. The van der Waals surface area contributed by atoms with Crippen molar-refractivity contribution in [3.8, 4) is 0 Å². The van der Waals surface area contributed by atoms with Crippen LogP contribution in [0.1, 0.15) is 16.6 Å². The molecule has 1 fully saturated rings. The highest BCUT2D eigenvalue weighted by Crippen LogP contribution is 2.36. The van der Waals surface area contributed by atoms with E-state index in [9.17, 15) is 9.59 Å². The lowest BCUT2D eigenvalue weighted by atomic mass is 10.1. The van der Waals surface area contributed by atoms with Crippen LogP contribution in [0, 0.1) is 0 Å². The van der Waals surface area contributed by atoms with Crippen LogP contribution >= 0.6 is 11.6 Å². The molecule has 0 aliphatic carbocycles. The summed E-state index contributed by atoms with van der Waals surface area (Å²) >= 11 is 6.09. The van der Waals surface area contributed by atoms with E-state index in [0.29, 0.717) is 11.2 Å². The zero-order valence-electron chi connectivity index (χ0n) is 17.0. The number of imidazole rings is 1. The molecule has 3 aromatic rings. The Balaban J connectivity index is 1.72. The lowest BCUT2D eigenvalue weighted by molar-refractivity contribution is -0.0613. The third-order valence-electron chi connectivity index (χ3n) is 4.87. The molecule has 13 nitrogen and oxygen atoms in total. The molecule has 4 atom stereocenters. The second-order valence-electron chi connectivity index (χ2n) is 6.75. The number of carbonyl (C=O) groups is 2. The first-order valence-electron chi connectivity index (χ1n) is 9.53. The molecule has 4 rings (SSSR count). The first kappa shape index (κ1) is 22.3. The lowest BCUT2D eigenvalue weighted by Gasteiger charge is -2.22. The molecule has 0 spiro atoms. The van der Waals surface area contributed by atoms with Gasteiger partial charge in [0.1, 0.15) is 30.6 Å². The Labute approximate surface area is 190 Å². The van der Waals surface area contributed by atoms with Gasteiger partial charge >= 0.3 is 12.1 Å². The van der Waals surface area contributed by atoms with E-state index < -0.39 is 36.6 Å². The van der Waals surface area contributed by atoms with Crippen LogP contribution in [0.2, 0.25) is 5.15 Å². The number of esters is 1. The third kappa shape index (κ3) is 4.51. The Morgan fingerprint density at radius 2 is 2.06 bits per heavy atom. The van der Waals surface area contributed by atoms with Crippen LogP contribution in [0.3, 0.4) is 0 Å². The molecule has 170 valence electrons. The van der Waals surface area contributed by atoms with Gasteiger partial charge in [0.15, 0.2) is 23.1 Å². The van der Waals surface area contributed by atoms with E-state index in [0.717, 1.165) is 7.11 Å². The maximum atomic E-state index is 12.8. The lowest BCUT2D eigenvalue weighted by Crippen LogP contribution is -2.36. The van der Waals surface area contributed by atoms with Gasteiger partial charge in [0, 0.05) is 4.91 Å². The van der Waals surface area contributed by atoms with Gasteiger partial charge in [-0.15, -0.1) is 0 Å². The number of azide groups is 1. The third-order valence-corrected chi connectivity index (χ3v) is 5.15. The van der Waals surface area contributed by atoms with Crippen molar-refractivity contribution in [3.05, 3.63) is 64.1 Å². The van der Waals surface area contributed by atoms with Gasteiger partial charge in [0.25, 0.3) is 0 Å². The molecule has 0 radical (unpaired) electrons. The Kier molecular flexibility index (Phi) is 6.54. The number of methoxy groups -OCH3 is 1. The van der Waals surface area contributed by atoms with Crippen molar-refractivity contribution in [1.82, 2.24) is 19.5 Å². The zero-order valence-corrected chi connectivity index (χ0v) is 17.8. The number of aromatic nitrogens is 4. The normalized spacial score (nSPS) is 21.9. The summed E-state index contributed by atoms with van der Waals surface area (Å²) in [5.41, 5.74) is 10.0. The summed E-state index contributed by atoms with van der Waals surface area (Å²) in [4.78, 5) is 39.4. The molecule has 14 heteroatoms. The molecular weight excluding hydrogens is 458 g/mol. The van der Waals surface area contributed by atoms with Gasteiger partial charge in [-0.05, 0) is 17.7 Å². The zero-order chi connectivity index (χ0) is 23.4. The monoisotopic (exact) mass is 473 g/mol. The second-order valence-corrected chi connectivity index (χ2v) is 7.11. The number of carbonyl (C=O) groups excluding carboxylic acids is 2. The van der Waals surface area contributed by atoms with Crippen molar-refractivity contribution >= 4 is 34.9 Å². The van der Waals surface area contributed by atoms with Crippen LogP contribution in [-0.4, -0.2) is 63.6 Å². The fourth-order valence-corrected chi connectivity index (χ4v) is 3.57. The number of benzene rings is 1. The molecule has 1 aliphatic rings. The van der Waals surface area contributed by atoms with E-state index in [4.69, 9.17) is 31.3 Å². The molecule has 0 N–H and O–H groups in total. The summed E-state index contributed by atoms with van der Waals surface area (Å²) in [6.07, 6.45) is -1.44. The van der Waals surface area contributed by atoms with Crippen LogP contribution in [-0.2, 0) is 18.9 Å². The summed E-state index contributed by atoms with van der Waals surface area (Å²) in [7, 11) is 1.15. The number of ether oxygens (including phenoxy) is 4. The maximum Gasteiger partial charge on any atom is 0.508 e. The molecule has 1 aliphatic heterocycles. The summed E-state index contributed by atoms with van der Waals surface area (Å²) < 4.78 is 22.7. The number of hydrogen-bond acceptors (Lipinski definition) is 10. The molecule has 0 unspecified atom stereocenters. The van der Waals surface area contributed by atoms with Crippen molar-refractivity contribution in [2.24, 2.45) is 5.11 Å². The van der Waals surface area contributed by atoms with Crippen molar-refractivity contribution in [1.29, 1.82) is 0 Å². The Morgan fingerprint density at radius 1 is 1.27 bits per heavy atom. The van der Waals surface area contributed by atoms with Gasteiger partial charge in [-0.3, -0.25) is 4.57 Å². The highest BCUT2D eigenvalue weighted by atomic mass is 35.5. The molecule has 0 amide bonds. The number of halogens is 1. The van der Waals surface area contributed by atoms with Crippen molar-refractivity contribution in [2.45, 2.75) is 24.5 Å². The van der Waals surface area contributed by atoms with Crippen LogP contribution in [0.4, 0.5) is 4.79 Å². The minimum absolute atomic E-state index is 0.117. The molecular formula is C19H16ClN7O6. The summed E-state index contributed by atoms with van der Waals surface area (Å²) in [5, 5.41) is 3.87. The summed E-state index contributed by atoms with van der Waals surface area (Å²) in [6, 6.07) is 7.22. The fourth-order valence-electron chi connectivity index (χ4n) is 3.39. The molecule has 1 aromatic carbocycles. The molecule has 0 bridgehead atoms. The first-order valence-corrected chi connectivity index (χ1v) is 9.90. The van der Waals surface area contributed by atoms with Gasteiger partial charge in [-0.25, -0.2) is 24.5 Å². The van der Waals surface area contributed by atoms with Crippen LogP contribution in [0.25, 0.3) is 21.6 Å². The Morgan fingerprint density at radius 3 is 2.79 bits per heavy atom. The molecule has 33 heavy (non-hydrogen) atoms. The molecule has 3 heterocycles. The number of nitrogens with zero attached hydrogens (tertiary/aromatic N) is 7. The minimum Gasteiger partial charge on any atom is -0.453 e. The van der Waals surface area contributed by atoms with Crippen molar-refractivity contribution in [3.63, 3.8) is 0 Å². The SMILES string of the molecule is COC(=O)OC[C@H]1O[C@@H](n2cnc3c(Cl)ncnc32)[C@H](OC(=O)c2ccccc2)[C@@H]1N=[N+]=[N-]. The maximum absolute atomic E-state index is 12.8. The largest absolute Gasteiger partial charge is 0.508 e. The van der Waals surface area contributed by atoms with Crippen LogP contribution in [0.15, 0.2) is 48.1 Å². The molecule has 1 saturated heterocycles. The fraction of sp³-hybridized carbons (Fsp3) is 0.316. The van der Waals surface area contributed by atoms with E-state index in [1.165, 1.54) is 17.2 Å². The van der Waals surface area contributed by atoms with Crippen molar-refractivity contribution in [2.75, 3.05) is 13.7 Å². The van der Waals surface area contributed by atoms with Crippen LogP contribution < -0.4 is 0 Å². The van der Waals surface area contributed by atoms with E-state index in [1.54, 1.807) is 30.3 Å². The average molecular weight is 474 g/mol. The van der Waals surface area contributed by atoms with E-state index >= 15 is 0 Å². The standard InChI is InChI=1S/C19H16ClN7O6/c1-30-19(29)31-7-11-12(25-26-21)14(33-18(28)10-5-3-2-4-6-10)17(32-11)27-9-24-13-15(20)22-8-23-16(13)27/h2-6,8-9,11-12,14,17H,7H2,1H3/t11-,12-,14-,17-/m1/s1. The first-order chi connectivity index (χ1) is 16.0. The quantitative estimate of drug-likeness (QED) is 0.172. The van der Waals surface area contributed by atoms with Gasteiger partial charge in [-0.2, -0.15) is 0 Å².